The molecule has 0 fully saturated rings. The summed E-state index contributed by atoms with van der Waals surface area (Å²) in [4.78, 5) is 48.2. The van der Waals surface area contributed by atoms with E-state index in [-0.39, 0.29) is 25.9 Å². The Bertz CT molecular complexity index is 1220. The van der Waals surface area contributed by atoms with Crippen molar-refractivity contribution in [1.82, 2.24) is 0 Å². The van der Waals surface area contributed by atoms with Crippen molar-refractivity contribution in [2.45, 2.75) is 251 Å². The Morgan fingerprint density at radius 3 is 1.25 bits per heavy atom. The quantitative estimate of drug-likeness (QED) is 0.0197. The maximum atomic E-state index is 12.8. The number of phosphoric ester groups is 1. The molecule has 0 amide bonds. The van der Waals surface area contributed by atoms with E-state index in [2.05, 4.69) is 57.2 Å². The summed E-state index contributed by atoms with van der Waals surface area (Å²) in [5, 5.41) is 9.75. The molecule has 11 nitrogen and oxygen atoms in total. The van der Waals surface area contributed by atoms with Crippen LogP contribution in [0, 0.1) is 0 Å². The van der Waals surface area contributed by atoms with Crippen molar-refractivity contribution < 1.29 is 52.2 Å². The van der Waals surface area contributed by atoms with Gasteiger partial charge in [0.05, 0.1) is 19.8 Å². The number of allylic oxidation sites excluding steroid dienone is 6. The highest BCUT2D eigenvalue weighted by Gasteiger charge is 2.28. The zero-order valence-corrected chi connectivity index (χ0v) is 41.9. The topological polar surface area (TPSA) is 155 Å². The molecule has 0 spiro atoms. The summed E-state index contributed by atoms with van der Waals surface area (Å²) in [5.74, 6) is -1.48. The molecule has 0 aromatic rings. The van der Waals surface area contributed by atoms with Gasteiger partial charge in [-0.3, -0.25) is 23.4 Å². The van der Waals surface area contributed by atoms with Crippen LogP contribution in [-0.2, 0) is 42.2 Å². The Kier molecular flexibility index (Phi) is 45.5. The lowest BCUT2D eigenvalue weighted by atomic mass is 10.0. The van der Waals surface area contributed by atoms with Crippen LogP contribution in [0.5, 0.6) is 0 Å². The van der Waals surface area contributed by atoms with E-state index in [1.54, 1.807) is 0 Å². The summed E-state index contributed by atoms with van der Waals surface area (Å²) in [5.41, 5.74) is 0. The number of hydrogen-bond donors (Lipinski definition) is 2. The van der Waals surface area contributed by atoms with Gasteiger partial charge in [0.15, 0.2) is 6.10 Å². The Hall–Kier alpha value is -2.30. The van der Waals surface area contributed by atoms with Crippen molar-refractivity contribution in [3.63, 3.8) is 0 Å². The molecular formula is C52H95O11P. The highest BCUT2D eigenvalue weighted by atomic mass is 31.2. The Labute approximate surface area is 390 Å². The first kappa shape index (κ1) is 61.7. The molecule has 3 unspecified atom stereocenters. The Morgan fingerprint density at radius 2 is 0.812 bits per heavy atom. The maximum Gasteiger partial charge on any atom is 0.472 e. The van der Waals surface area contributed by atoms with Gasteiger partial charge in [-0.05, 0) is 51.4 Å². The molecule has 0 aliphatic rings. The van der Waals surface area contributed by atoms with Crippen LogP contribution >= 0.6 is 7.82 Å². The number of aliphatic hydroxyl groups is 1. The summed E-state index contributed by atoms with van der Waals surface area (Å²) in [7, 11) is -4.74. The second kappa shape index (κ2) is 47.2. The molecule has 0 aromatic carbocycles. The molecule has 64 heavy (non-hydrogen) atoms. The third-order valence-corrected chi connectivity index (χ3v) is 12.0. The van der Waals surface area contributed by atoms with E-state index >= 15 is 0 Å². The lowest BCUT2D eigenvalue weighted by Crippen LogP contribution is -2.30. The van der Waals surface area contributed by atoms with Crippen LogP contribution in [0.15, 0.2) is 36.5 Å². The van der Waals surface area contributed by atoms with E-state index < -0.39 is 57.8 Å². The predicted octanol–water partition coefficient (Wildman–Crippen LogP) is 14.5. The van der Waals surface area contributed by atoms with Gasteiger partial charge in [-0.2, -0.15) is 0 Å². The average molecular weight is 927 g/mol. The van der Waals surface area contributed by atoms with Crippen LogP contribution in [-0.4, -0.2) is 66.5 Å². The molecule has 0 saturated heterocycles. The van der Waals surface area contributed by atoms with E-state index in [0.29, 0.717) is 19.3 Å². The van der Waals surface area contributed by atoms with Crippen molar-refractivity contribution in [2.75, 3.05) is 26.4 Å². The van der Waals surface area contributed by atoms with Crippen LogP contribution in [0.25, 0.3) is 0 Å². The van der Waals surface area contributed by atoms with Crippen LogP contribution in [0.1, 0.15) is 239 Å². The lowest BCUT2D eigenvalue weighted by Gasteiger charge is -2.21. The second-order valence-electron chi connectivity index (χ2n) is 17.3. The number of rotatable bonds is 48. The molecule has 0 radical (unpaired) electrons. The van der Waals surface area contributed by atoms with Gasteiger partial charge in [0.2, 0.25) is 0 Å². The van der Waals surface area contributed by atoms with E-state index in [4.69, 9.17) is 23.3 Å². The highest BCUT2D eigenvalue weighted by molar-refractivity contribution is 7.47. The first-order valence-electron chi connectivity index (χ1n) is 25.9. The molecule has 0 saturated carbocycles. The minimum absolute atomic E-state index is 0.145. The number of esters is 3. The maximum absolute atomic E-state index is 12.8. The third-order valence-electron chi connectivity index (χ3n) is 11.1. The van der Waals surface area contributed by atoms with Crippen molar-refractivity contribution >= 4 is 25.7 Å². The van der Waals surface area contributed by atoms with Gasteiger partial charge in [-0.15, -0.1) is 0 Å². The second-order valence-corrected chi connectivity index (χ2v) is 18.8. The number of hydrogen-bond acceptors (Lipinski definition) is 10. The molecule has 0 aliphatic carbocycles. The highest BCUT2D eigenvalue weighted by Crippen LogP contribution is 2.43. The van der Waals surface area contributed by atoms with Crippen LogP contribution in [0.3, 0.4) is 0 Å². The SMILES string of the molecule is CC/C=C\C/C=C\C/C=C\CCCCCC(=O)OC(CO)COP(=O)(O)OCC(COC(=O)CCCCCCCCCCC)OC(=O)CCCCCCCCCCCCCCCCC. The van der Waals surface area contributed by atoms with Crippen molar-refractivity contribution in [3.8, 4) is 0 Å². The first-order chi connectivity index (χ1) is 31.2. The Balaban J connectivity index is 4.70. The van der Waals surface area contributed by atoms with Gasteiger partial charge in [-0.25, -0.2) is 4.57 Å². The van der Waals surface area contributed by atoms with E-state index in [9.17, 15) is 28.9 Å². The smallest absolute Gasteiger partial charge is 0.462 e. The standard InChI is InChI=1S/C52H95O11P/c1-4-7-10-13-16-19-21-23-24-26-28-31-34-37-40-43-52(56)63-49(45-59-50(54)41-38-35-32-29-18-15-12-9-6-3)47-61-64(57,58)60-46-48(44-53)62-51(55)42-39-36-33-30-27-25-22-20-17-14-11-8-5-2/h8,11,17,20,25,27,48-49,53H,4-7,9-10,12-16,18-19,21-24,26,28-47H2,1-3H3,(H,57,58)/b11-8-,20-17-,27-25-. The predicted molar refractivity (Wildman–Crippen MR) is 261 cm³/mol. The molecular weight excluding hydrogens is 832 g/mol. The van der Waals surface area contributed by atoms with Gasteiger partial charge >= 0.3 is 25.7 Å². The minimum Gasteiger partial charge on any atom is -0.462 e. The number of carbonyl (C=O) groups is 3. The molecule has 0 rings (SSSR count). The van der Waals surface area contributed by atoms with Crippen molar-refractivity contribution in [3.05, 3.63) is 36.5 Å². The van der Waals surface area contributed by atoms with E-state index in [1.807, 2.05) is 0 Å². The number of aliphatic hydroxyl groups excluding tert-OH is 1. The van der Waals surface area contributed by atoms with Crippen LogP contribution < -0.4 is 0 Å². The third kappa shape index (κ3) is 44.9. The normalized spacial score (nSPS) is 13.8. The van der Waals surface area contributed by atoms with Crippen LogP contribution in [0.2, 0.25) is 0 Å². The summed E-state index contributed by atoms with van der Waals surface area (Å²) >= 11 is 0. The van der Waals surface area contributed by atoms with Gasteiger partial charge in [0, 0.05) is 19.3 Å². The van der Waals surface area contributed by atoms with Gasteiger partial charge in [0.1, 0.15) is 12.7 Å². The molecule has 0 heterocycles. The number of phosphoric acid groups is 1. The van der Waals surface area contributed by atoms with Gasteiger partial charge in [-0.1, -0.05) is 205 Å². The van der Waals surface area contributed by atoms with Crippen LogP contribution in [0.4, 0.5) is 0 Å². The summed E-state index contributed by atoms with van der Waals surface area (Å²) in [6, 6.07) is 0. The zero-order valence-electron chi connectivity index (χ0n) is 41.0. The molecule has 374 valence electrons. The molecule has 0 aromatic heterocycles. The van der Waals surface area contributed by atoms with Gasteiger partial charge in [0.25, 0.3) is 0 Å². The fraction of sp³-hybridized carbons (Fsp3) is 0.827. The fourth-order valence-electron chi connectivity index (χ4n) is 7.14. The van der Waals surface area contributed by atoms with E-state index in [0.717, 1.165) is 77.0 Å². The molecule has 12 heteroatoms. The first-order valence-corrected chi connectivity index (χ1v) is 27.4. The lowest BCUT2D eigenvalue weighted by molar-refractivity contribution is -0.161. The molecule has 0 aliphatic heterocycles. The molecule has 0 bridgehead atoms. The van der Waals surface area contributed by atoms with Gasteiger partial charge < -0.3 is 24.2 Å². The summed E-state index contributed by atoms with van der Waals surface area (Å²) < 4.78 is 39.3. The zero-order chi connectivity index (χ0) is 47.0. The number of unbranched alkanes of at least 4 members (excludes halogenated alkanes) is 25. The largest absolute Gasteiger partial charge is 0.472 e. The fourth-order valence-corrected chi connectivity index (χ4v) is 7.92. The molecule has 3 atom stereocenters. The summed E-state index contributed by atoms with van der Waals surface area (Å²) in [6.45, 7) is 4.48. The van der Waals surface area contributed by atoms with Crippen molar-refractivity contribution in [1.29, 1.82) is 0 Å². The van der Waals surface area contributed by atoms with Crippen molar-refractivity contribution in [2.24, 2.45) is 0 Å². The Morgan fingerprint density at radius 1 is 0.453 bits per heavy atom. The number of carbonyl (C=O) groups excluding carboxylic acids is 3. The monoisotopic (exact) mass is 927 g/mol. The average Bonchev–Trinajstić information content (AvgIpc) is 3.28. The van der Waals surface area contributed by atoms with E-state index in [1.165, 1.54) is 103 Å². The molecule has 2 N–H and O–H groups in total. The number of ether oxygens (including phenoxy) is 3. The minimum atomic E-state index is -4.74. The summed E-state index contributed by atoms with van der Waals surface area (Å²) in [6.07, 6.45) is 45.5.